The second-order valence-electron chi connectivity index (χ2n) is 7.38. The topological polar surface area (TPSA) is 101 Å². The molecule has 0 saturated carbocycles. The number of amides is 1. The predicted octanol–water partition coefficient (Wildman–Crippen LogP) is 3.87. The molecule has 1 aromatic heterocycles. The molecule has 1 aliphatic rings. The van der Waals surface area contributed by atoms with E-state index in [-0.39, 0.29) is 42.7 Å². The third-order valence-corrected chi connectivity index (χ3v) is 8.32. The van der Waals surface area contributed by atoms with Crippen molar-refractivity contribution >= 4 is 39.0 Å². The number of rotatable bonds is 6. The van der Waals surface area contributed by atoms with Crippen LogP contribution in [0.4, 0.5) is 5.69 Å². The highest BCUT2D eigenvalue weighted by Crippen LogP contribution is 2.28. The third kappa shape index (κ3) is 5.19. The standard InChI is InChI=1S/C23H21N3O5S2/c27-23(13-9-20-8-12-22(32-20)18-4-2-1-3-5-18)24-14-16-25(17-15-24)33(30,31)21-10-6-19(7-11-21)26(28)29/h1-13H,14-17H2/b13-9+. The molecule has 2 heterocycles. The first-order chi connectivity index (χ1) is 15.8. The Balaban J connectivity index is 1.35. The van der Waals surface area contributed by atoms with Gasteiger partial charge in [0, 0.05) is 54.1 Å². The smallest absolute Gasteiger partial charge is 0.269 e. The van der Waals surface area contributed by atoms with Crippen LogP contribution in [0.3, 0.4) is 0 Å². The molecule has 1 saturated heterocycles. The van der Waals surface area contributed by atoms with E-state index in [2.05, 4.69) is 0 Å². The van der Waals surface area contributed by atoms with Crippen molar-refractivity contribution in [1.29, 1.82) is 0 Å². The maximum absolute atomic E-state index is 12.8. The van der Waals surface area contributed by atoms with Crippen LogP contribution in [-0.4, -0.2) is 54.6 Å². The summed E-state index contributed by atoms with van der Waals surface area (Å²) in [5.74, 6) is -0.169. The van der Waals surface area contributed by atoms with Gasteiger partial charge in [0.15, 0.2) is 0 Å². The van der Waals surface area contributed by atoms with Crippen LogP contribution in [-0.2, 0) is 14.8 Å². The Morgan fingerprint density at radius 3 is 2.24 bits per heavy atom. The zero-order chi connectivity index (χ0) is 23.4. The number of hydrogen-bond acceptors (Lipinski definition) is 6. The lowest BCUT2D eigenvalue weighted by molar-refractivity contribution is -0.384. The number of nitro benzene ring substituents is 1. The average Bonchev–Trinajstić information content (AvgIpc) is 3.32. The fraction of sp³-hybridized carbons (Fsp3) is 0.174. The van der Waals surface area contributed by atoms with Gasteiger partial charge in [-0.1, -0.05) is 30.3 Å². The predicted molar refractivity (Wildman–Crippen MR) is 127 cm³/mol. The number of non-ortho nitro benzene ring substituents is 1. The normalized spacial score (nSPS) is 15.1. The number of carbonyl (C=O) groups excluding carboxylic acids is 1. The first-order valence-electron chi connectivity index (χ1n) is 10.2. The van der Waals surface area contributed by atoms with E-state index in [0.29, 0.717) is 0 Å². The summed E-state index contributed by atoms with van der Waals surface area (Å²) in [4.78, 5) is 26.5. The Bertz CT molecular complexity index is 1280. The number of benzene rings is 2. The van der Waals surface area contributed by atoms with Gasteiger partial charge in [-0.3, -0.25) is 14.9 Å². The van der Waals surface area contributed by atoms with Crippen molar-refractivity contribution < 1.29 is 18.1 Å². The van der Waals surface area contributed by atoms with Gasteiger partial charge in [-0.2, -0.15) is 4.31 Å². The third-order valence-electron chi connectivity index (χ3n) is 5.31. The van der Waals surface area contributed by atoms with Crippen LogP contribution in [0.2, 0.25) is 0 Å². The van der Waals surface area contributed by atoms with Crippen LogP contribution in [0.25, 0.3) is 16.5 Å². The van der Waals surface area contributed by atoms with E-state index in [1.54, 1.807) is 22.3 Å². The second kappa shape index (κ2) is 9.65. The fourth-order valence-corrected chi connectivity index (χ4v) is 5.83. The van der Waals surface area contributed by atoms with Crippen LogP contribution in [0.5, 0.6) is 0 Å². The van der Waals surface area contributed by atoms with Crippen molar-refractivity contribution in [2.24, 2.45) is 0 Å². The zero-order valence-corrected chi connectivity index (χ0v) is 19.2. The molecule has 0 unspecified atom stereocenters. The lowest BCUT2D eigenvalue weighted by Crippen LogP contribution is -2.50. The maximum Gasteiger partial charge on any atom is 0.269 e. The molecule has 0 bridgehead atoms. The number of nitrogens with zero attached hydrogens (tertiary/aromatic N) is 3. The molecule has 3 aromatic rings. The lowest BCUT2D eigenvalue weighted by Gasteiger charge is -2.33. The molecular weight excluding hydrogens is 462 g/mol. The molecule has 0 N–H and O–H groups in total. The Morgan fingerprint density at radius 1 is 0.939 bits per heavy atom. The van der Waals surface area contributed by atoms with E-state index in [0.717, 1.165) is 15.3 Å². The van der Waals surface area contributed by atoms with Crippen molar-refractivity contribution in [3.05, 3.63) is 87.8 Å². The Hall–Kier alpha value is -3.34. The van der Waals surface area contributed by atoms with Gasteiger partial charge in [0.2, 0.25) is 15.9 Å². The van der Waals surface area contributed by atoms with Crippen molar-refractivity contribution in [1.82, 2.24) is 9.21 Å². The van der Waals surface area contributed by atoms with E-state index in [9.17, 15) is 23.3 Å². The Labute approximate surface area is 195 Å². The molecule has 1 fully saturated rings. The first kappa shape index (κ1) is 22.8. The average molecular weight is 484 g/mol. The minimum atomic E-state index is -3.78. The molecule has 170 valence electrons. The van der Waals surface area contributed by atoms with Gasteiger partial charge < -0.3 is 4.90 Å². The van der Waals surface area contributed by atoms with Crippen LogP contribution < -0.4 is 0 Å². The minimum Gasteiger partial charge on any atom is -0.337 e. The molecule has 1 amide bonds. The van der Waals surface area contributed by atoms with Crippen molar-refractivity contribution in [3.63, 3.8) is 0 Å². The van der Waals surface area contributed by atoms with Gasteiger partial charge >= 0.3 is 0 Å². The molecule has 0 aliphatic carbocycles. The monoisotopic (exact) mass is 483 g/mol. The quantitative estimate of drug-likeness (QED) is 0.301. The zero-order valence-electron chi connectivity index (χ0n) is 17.5. The summed E-state index contributed by atoms with van der Waals surface area (Å²) in [5.41, 5.74) is 0.955. The molecular formula is C23H21N3O5S2. The van der Waals surface area contributed by atoms with Gasteiger partial charge in [0.05, 0.1) is 9.82 Å². The van der Waals surface area contributed by atoms with Gasteiger partial charge in [-0.05, 0) is 35.9 Å². The SMILES string of the molecule is O=C(/C=C/c1ccc(-c2ccccc2)s1)N1CCN(S(=O)(=O)c2ccc([N+](=O)[O-])cc2)CC1. The summed E-state index contributed by atoms with van der Waals surface area (Å²) >= 11 is 1.59. The van der Waals surface area contributed by atoms with Crippen molar-refractivity contribution in [3.8, 4) is 10.4 Å². The highest BCUT2D eigenvalue weighted by atomic mass is 32.2. The van der Waals surface area contributed by atoms with E-state index in [1.807, 2.05) is 42.5 Å². The van der Waals surface area contributed by atoms with Crippen LogP contribution in [0, 0.1) is 10.1 Å². The number of thiophene rings is 1. The van der Waals surface area contributed by atoms with Gasteiger partial charge in [0.25, 0.3) is 5.69 Å². The van der Waals surface area contributed by atoms with Gasteiger partial charge in [0.1, 0.15) is 0 Å². The number of nitro groups is 1. The Morgan fingerprint density at radius 2 is 1.61 bits per heavy atom. The molecule has 1 aliphatic heterocycles. The number of piperazine rings is 1. The number of carbonyl (C=O) groups is 1. The van der Waals surface area contributed by atoms with Gasteiger partial charge in [-0.15, -0.1) is 11.3 Å². The minimum absolute atomic E-state index is 0.000289. The lowest BCUT2D eigenvalue weighted by atomic mass is 10.2. The van der Waals surface area contributed by atoms with E-state index < -0.39 is 14.9 Å². The number of sulfonamides is 1. The molecule has 10 heteroatoms. The van der Waals surface area contributed by atoms with Crippen LogP contribution in [0.1, 0.15) is 4.88 Å². The molecule has 0 spiro atoms. The van der Waals surface area contributed by atoms with Gasteiger partial charge in [-0.25, -0.2) is 8.42 Å². The summed E-state index contributed by atoms with van der Waals surface area (Å²) < 4.78 is 26.9. The van der Waals surface area contributed by atoms with E-state index >= 15 is 0 Å². The fourth-order valence-electron chi connectivity index (χ4n) is 3.50. The van der Waals surface area contributed by atoms with Crippen LogP contribution >= 0.6 is 11.3 Å². The van der Waals surface area contributed by atoms with Crippen LogP contribution in [0.15, 0.2) is 77.7 Å². The highest BCUT2D eigenvalue weighted by Gasteiger charge is 2.29. The molecule has 33 heavy (non-hydrogen) atoms. The van der Waals surface area contributed by atoms with Crippen molar-refractivity contribution in [2.75, 3.05) is 26.2 Å². The molecule has 8 nitrogen and oxygen atoms in total. The Kier molecular flexibility index (Phi) is 6.68. The van der Waals surface area contributed by atoms with Crippen molar-refractivity contribution in [2.45, 2.75) is 4.90 Å². The van der Waals surface area contributed by atoms with E-state index in [1.165, 1.54) is 34.6 Å². The summed E-state index contributed by atoms with van der Waals surface area (Å²) in [6.45, 7) is 0.871. The molecule has 0 radical (unpaired) electrons. The first-order valence-corrected chi connectivity index (χ1v) is 12.5. The number of hydrogen-bond donors (Lipinski definition) is 0. The summed E-state index contributed by atoms with van der Waals surface area (Å²) in [5, 5.41) is 10.8. The second-order valence-corrected chi connectivity index (χ2v) is 10.4. The summed E-state index contributed by atoms with van der Waals surface area (Å²) in [6, 6.07) is 18.8. The van der Waals surface area contributed by atoms with E-state index in [4.69, 9.17) is 0 Å². The summed E-state index contributed by atoms with van der Waals surface area (Å²) in [7, 11) is -3.78. The molecule has 2 aromatic carbocycles. The summed E-state index contributed by atoms with van der Waals surface area (Å²) in [6.07, 6.45) is 3.29. The molecule has 4 rings (SSSR count). The largest absolute Gasteiger partial charge is 0.337 e. The highest BCUT2D eigenvalue weighted by molar-refractivity contribution is 7.89. The molecule has 0 atom stereocenters. The maximum atomic E-state index is 12.8.